The highest BCUT2D eigenvalue weighted by Gasteiger charge is 2.10. The Morgan fingerprint density at radius 3 is 2.45 bits per heavy atom. The summed E-state index contributed by atoms with van der Waals surface area (Å²) in [5.41, 5.74) is 4.58. The zero-order valence-electron chi connectivity index (χ0n) is 11.6. The largest absolute Gasteiger partial charge is 0.289 e. The van der Waals surface area contributed by atoms with E-state index in [2.05, 4.69) is 4.98 Å². The number of hydrogen-bond acceptors (Lipinski definition) is 2. The molecule has 1 heterocycles. The third-order valence-corrected chi connectivity index (χ3v) is 3.64. The zero-order valence-corrected chi connectivity index (χ0v) is 11.6. The molecule has 0 aliphatic heterocycles. The van der Waals surface area contributed by atoms with Crippen molar-refractivity contribution in [2.24, 2.45) is 0 Å². The number of rotatable bonds is 2. The Kier molecular flexibility index (Phi) is 3.07. The summed E-state index contributed by atoms with van der Waals surface area (Å²) < 4.78 is 0. The standard InChI is InChI=1S/C18H15NO/c1-12-5-6-15(10-13(12)2)18(20)16-8-7-14-4-3-9-19-17(14)11-16/h3-11H,1-2H3. The molecule has 98 valence electrons. The van der Waals surface area contributed by atoms with Gasteiger partial charge in [-0.1, -0.05) is 30.3 Å². The van der Waals surface area contributed by atoms with Crippen molar-refractivity contribution in [3.05, 3.63) is 77.0 Å². The molecule has 2 heteroatoms. The van der Waals surface area contributed by atoms with E-state index in [0.717, 1.165) is 22.0 Å². The average molecular weight is 261 g/mol. The van der Waals surface area contributed by atoms with Crippen LogP contribution < -0.4 is 0 Å². The zero-order chi connectivity index (χ0) is 14.1. The molecule has 0 aliphatic carbocycles. The lowest BCUT2D eigenvalue weighted by atomic mass is 9.98. The fourth-order valence-corrected chi connectivity index (χ4v) is 2.26. The van der Waals surface area contributed by atoms with Crippen LogP contribution in [0.15, 0.2) is 54.7 Å². The Balaban J connectivity index is 2.05. The number of hydrogen-bond donors (Lipinski definition) is 0. The summed E-state index contributed by atoms with van der Waals surface area (Å²) in [5, 5.41) is 1.05. The Morgan fingerprint density at radius 1 is 0.900 bits per heavy atom. The van der Waals surface area contributed by atoms with E-state index in [0.29, 0.717) is 5.56 Å². The summed E-state index contributed by atoms with van der Waals surface area (Å²) >= 11 is 0. The van der Waals surface area contributed by atoms with Gasteiger partial charge in [0.25, 0.3) is 0 Å². The molecule has 1 aromatic heterocycles. The molecule has 0 radical (unpaired) electrons. The molecular formula is C18H15NO. The van der Waals surface area contributed by atoms with E-state index in [-0.39, 0.29) is 5.78 Å². The molecule has 0 bridgehead atoms. The molecule has 0 unspecified atom stereocenters. The number of fused-ring (bicyclic) bond motifs is 1. The van der Waals surface area contributed by atoms with Crippen LogP contribution in [-0.4, -0.2) is 10.8 Å². The number of pyridine rings is 1. The molecule has 0 aliphatic rings. The van der Waals surface area contributed by atoms with Crippen LogP contribution in [-0.2, 0) is 0 Å². The van der Waals surface area contributed by atoms with E-state index < -0.39 is 0 Å². The number of aromatic nitrogens is 1. The van der Waals surface area contributed by atoms with E-state index in [1.165, 1.54) is 5.56 Å². The third kappa shape index (κ3) is 2.21. The number of nitrogens with zero attached hydrogens (tertiary/aromatic N) is 1. The first kappa shape index (κ1) is 12.5. The molecule has 0 saturated heterocycles. The van der Waals surface area contributed by atoms with E-state index >= 15 is 0 Å². The van der Waals surface area contributed by atoms with Crippen molar-refractivity contribution < 1.29 is 4.79 Å². The minimum Gasteiger partial charge on any atom is -0.289 e. The van der Waals surface area contributed by atoms with E-state index in [1.54, 1.807) is 6.20 Å². The van der Waals surface area contributed by atoms with Crippen LogP contribution >= 0.6 is 0 Å². The fourth-order valence-electron chi connectivity index (χ4n) is 2.26. The van der Waals surface area contributed by atoms with Crippen LogP contribution in [0.25, 0.3) is 10.9 Å². The molecule has 0 fully saturated rings. The predicted molar refractivity (Wildman–Crippen MR) is 81.1 cm³/mol. The first-order valence-corrected chi connectivity index (χ1v) is 6.62. The van der Waals surface area contributed by atoms with Crippen molar-refractivity contribution in [1.29, 1.82) is 0 Å². The van der Waals surface area contributed by atoms with Gasteiger partial charge < -0.3 is 0 Å². The summed E-state index contributed by atoms with van der Waals surface area (Å²) in [4.78, 5) is 16.8. The third-order valence-electron chi connectivity index (χ3n) is 3.64. The maximum Gasteiger partial charge on any atom is 0.193 e. The van der Waals surface area contributed by atoms with Gasteiger partial charge in [0.1, 0.15) is 0 Å². The van der Waals surface area contributed by atoms with Crippen LogP contribution in [0, 0.1) is 13.8 Å². The fraction of sp³-hybridized carbons (Fsp3) is 0.111. The molecule has 0 saturated carbocycles. The topological polar surface area (TPSA) is 30.0 Å². The second-order valence-corrected chi connectivity index (χ2v) is 5.04. The lowest BCUT2D eigenvalue weighted by Crippen LogP contribution is -2.02. The quantitative estimate of drug-likeness (QED) is 0.650. The Morgan fingerprint density at radius 2 is 1.65 bits per heavy atom. The van der Waals surface area contributed by atoms with Gasteiger partial charge in [0, 0.05) is 22.7 Å². The van der Waals surface area contributed by atoms with Gasteiger partial charge in [0.2, 0.25) is 0 Å². The van der Waals surface area contributed by atoms with Crippen LogP contribution in [0.2, 0.25) is 0 Å². The summed E-state index contributed by atoms with van der Waals surface area (Å²) in [6.07, 6.45) is 1.74. The molecule has 2 aromatic carbocycles. The highest BCUT2D eigenvalue weighted by Crippen LogP contribution is 2.18. The summed E-state index contributed by atoms with van der Waals surface area (Å²) in [5.74, 6) is 0.0423. The SMILES string of the molecule is Cc1ccc(C(=O)c2ccc3cccnc3c2)cc1C. The van der Waals surface area contributed by atoms with Gasteiger partial charge in [-0.05, 0) is 43.2 Å². The van der Waals surface area contributed by atoms with Gasteiger partial charge in [-0.2, -0.15) is 0 Å². The minimum atomic E-state index is 0.0423. The van der Waals surface area contributed by atoms with Gasteiger partial charge in [-0.15, -0.1) is 0 Å². The van der Waals surface area contributed by atoms with E-state index in [4.69, 9.17) is 0 Å². The molecule has 20 heavy (non-hydrogen) atoms. The van der Waals surface area contributed by atoms with Crippen molar-refractivity contribution in [2.75, 3.05) is 0 Å². The molecular weight excluding hydrogens is 246 g/mol. The van der Waals surface area contributed by atoms with Crippen LogP contribution in [0.4, 0.5) is 0 Å². The first-order valence-electron chi connectivity index (χ1n) is 6.62. The molecule has 0 N–H and O–H groups in total. The van der Waals surface area contributed by atoms with Crippen molar-refractivity contribution >= 4 is 16.7 Å². The average Bonchev–Trinajstić information content (AvgIpc) is 2.49. The number of aryl methyl sites for hydroxylation is 2. The maximum atomic E-state index is 12.5. The molecule has 0 amide bonds. The number of carbonyl (C=O) groups is 1. The monoisotopic (exact) mass is 261 g/mol. The lowest BCUT2D eigenvalue weighted by molar-refractivity contribution is 0.103. The first-order chi connectivity index (χ1) is 9.65. The van der Waals surface area contributed by atoms with Gasteiger partial charge in [0.15, 0.2) is 5.78 Å². The van der Waals surface area contributed by atoms with Crippen LogP contribution in [0.5, 0.6) is 0 Å². The summed E-state index contributed by atoms with van der Waals surface area (Å²) in [6, 6.07) is 15.4. The van der Waals surface area contributed by atoms with Crippen molar-refractivity contribution in [3.8, 4) is 0 Å². The molecule has 2 nitrogen and oxygen atoms in total. The summed E-state index contributed by atoms with van der Waals surface area (Å²) in [7, 11) is 0. The Hall–Kier alpha value is -2.48. The number of benzene rings is 2. The van der Waals surface area contributed by atoms with Crippen molar-refractivity contribution in [1.82, 2.24) is 4.98 Å². The number of carbonyl (C=O) groups excluding carboxylic acids is 1. The van der Waals surface area contributed by atoms with Gasteiger partial charge >= 0.3 is 0 Å². The highest BCUT2D eigenvalue weighted by atomic mass is 16.1. The van der Waals surface area contributed by atoms with Crippen LogP contribution in [0.1, 0.15) is 27.0 Å². The molecule has 3 rings (SSSR count). The maximum absolute atomic E-state index is 12.5. The highest BCUT2D eigenvalue weighted by molar-refractivity contribution is 6.10. The van der Waals surface area contributed by atoms with Gasteiger partial charge in [-0.25, -0.2) is 0 Å². The van der Waals surface area contributed by atoms with Crippen LogP contribution in [0.3, 0.4) is 0 Å². The Labute approximate surface area is 118 Å². The van der Waals surface area contributed by atoms with E-state index in [9.17, 15) is 4.79 Å². The molecule has 0 atom stereocenters. The smallest absolute Gasteiger partial charge is 0.193 e. The Bertz CT molecular complexity index is 805. The minimum absolute atomic E-state index is 0.0423. The van der Waals surface area contributed by atoms with Gasteiger partial charge in [0.05, 0.1) is 5.52 Å². The predicted octanol–water partition coefficient (Wildman–Crippen LogP) is 4.08. The van der Waals surface area contributed by atoms with Gasteiger partial charge in [-0.3, -0.25) is 9.78 Å². The van der Waals surface area contributed by atoms with Crippen molar-refractivity contribution in [3.63, 3.8) is 0 Å². The second-order valence-electron chi connectivity index (χ2n) is 5.04. The molecule has 3 aromatic rings. The van der Waals surface area contributed by atoms with Crippen molar-refractivity contribution in [2.45, 2.75) is 13.8 Å². The second kappa shape index (κ2) is 4.89. The normalized spacial score (nSPS) is 10.7. The molecule has 0 spiro atoms. The summed E-state index contributed by atoms with van der Waals surface area (Å²) in [6.45, 7) is 4.07. The van der Waals surface area contributed by atoms with E-state index in [1.807, 2.05) is 62.4 Å². The number of ketones is 1. The lowest BCUT2D eigenvalue weighted by Gasteiger charge is -2.05.